The fourth-order valence-electron chi connectivity index (χ4n) is 3.88. The van der Waals surface area contributed by atoms with Gasteiger partial charge in [0, 0.05) is 17.0 Å². The Bertz CT molecular complexity index is 1370. The molecule has 35 heavy (non-hydrogen) atoms. The molecule has 0 bridgehead atoms. The summed E-state index contributed by atoms with van der Waals surface area (Å²) in [5.41, 5.74) is 2.67. The molecule has 0 radical (unpaired) electrons. The van der Waals surface area contributed by atoms with Crippen molar-refractivity contribution in [1.82, 2.24) is 5.32 Å². The minimum Gasteiger partial charge on any atom is -0.494 e. The van der Waals surface area contributed by atoms with Crippen LogP contribution in [0.5, 0.6) is 5.75 Å². The van der Waals surface area contributed by atoms with Gasteiger partial charge in [0.2, 0.25) is 0 Å². The molecule has 0 unspecified atom stereocenters. The molecule has 3 aromatic carbocycles. The number of hydrogen-bond donors (Lipinski definition) is 1. The second-order valence-corrected chi connectivity index (χ2v) is 8.37. The Labute approximate surface area is 207 Å². The number of benzene rings is 3. The van der Waals surface area contributed by atoms with Crippen molar-refractivity contribution in [1.29, 1.82) is 0 Å². The zero-order valence-electron chi connectivity index (χ0n) is 19.1. The molecule has 0 atom stereocenters. The van der Waals surface area contributed by atoms with E-state index in [1.165, 1.54) is 18.2 Å². The lowest BCUT2D eigenvalue weighted by Crippen LogP contribution is -2.54. The average Bonchev–Trinajstić information content (AvgIpc) is 2.80. The SMILES string of the molecule is CCOc1cc(/C=C2\C(=O)NC(=O)N(c3ccccc3C)C2=O)cc(Cl)c1Cc1cccc(F)c1. The smallest absolute Gasteiger partial charge is 0.335 e. The summed E-state index contributed by atoms with van der Waals surface area (Å²) >= 11 is 6.57. The number of aryl methyl sites for hydroxylation is 1. The molecule has 1 aliphatic rings. The Kier molecular flexibility index (Phi) is 6.98. The first-order chi connectivity index (χ1) is 16.8. The molecule has 4 amide bonds. The Morgan fingerprint density at radius 3 is 2.54 bits per heavy atom. The third kappa shape index (κ3) is 5.10. The number of nitrogens with zero attached hydrogens (tertiary/aromatic N) is 1. The molecule has 0 spiro atoms. The van der Waals surface area contributed by atoms with Gasteiger partial charge in [0.15, 0.2) is 0 Å². The van der Waals surface area contributed by atoms with Crippen molar-refractivity contribution in [3.63, 3.8) is 0 Å². The topological polar surface area (TPSA) is 75.7 Å². The van der Waals surface area contributed by atoms with Gasteiger partial charge in [-0.3, -0.25) is 14.9 Å². The lowest BCUT2D eigenvalue weighted by molar-refractivity contribution is -0.122. The lowest BCUT2D eigenvalue weighted by Gasteiger charge is -2.27. The van der Waals surface area contributed by atoms with E-state index in [4.69, 9.17) is 16.3 Å². The van der Waals surface area contributed by atoms with E-state index in [1.54, 1.807) is 55.5 Å². The fourth-order valence-corrected chi connectivity index (χ4v) is 4.16. The van der Waals surface area contributed by atoms with Gasteiger partial charge in [0.25, 0.3) is 11.8 Å². The number of barbiturate groups is 1. The molecule has 8 heteroatoms. The number of nitrogens with one attached hydrogen (secondary N) is 1. The number of amides is 4. The summed E-state index contributed by atoms with van der Waals surface area (Å²) < 4.78 is 19.4. The van der Waals surface area contributed by atoms with Gasteiger partial charge in [-0.2, -0.15) is 0 Å². The molecular formula is C27H22ClFN2O4. The van der Waals surface area contributed by atoms with Crippen LogP contribution in [0.15, 0.2) is 66.2 Å². The minimum absolute atomic E-state index is 0.218. The highest BCUT2D eigenvalue weighted by Crippen LogP contribution is 2.33. The van der Waals surface area contributed by atoms with Crippen LogP contribution in [0.3, 0.4) is 0 Å². The summed E-state index contributed by atoms with van der Waals surface area (Å²) in [5, 5.41) is 2.55. The van der Waals surface area contributed by atoms with E-state index in [1.807, 2.05) is 6.92 Å². The first-order valence-corrected chi connectivity index (χ1v) is 11.3. The first kappa shape index (κ1) is 24.2. The van der Waals surface area contributed by atoms with Crippen molar-refractivity contribution in [2.75, 3.05) is 11.5 Å². The Morgan fingerprint density at radius 1 is 1.06 bits per heavy atom. The van der Waals surface area contributed by atoms with E-state index in [-0.39, 0.29) is 11.4 Å². The maximum absolute atomic E-state index is 13.7. The number of rotatable bonds is 6. The van der Waals surface area contributed by atoms with Crippen LogP contribution in [0.1, 0.15) is 29.2 Å². The molecular weight excluding hydrogens is 471 g/mol. The summed E-state index contributed by atoms with van der Waals surface area (Å²) in [6.07, 6.45) is 1.70. The van der Waals surface area contributed by atoms with Crippen LogP contribution in [-0.2, 0) is 16.0 Å². The molecule has 3 aromatic rings. The summed E-state index contributed by atoms with van der Waals surface area (Å²) in [5.74, 6) is -1.45. The van der Waals surface area contributed by atoms with Gasteiger partial charge in [-0.05, 0) is 66.9 Å². The van der Waals surface area contributed by atoms with Gasteiger partial charge < -0.3 is 4.74 Å². The molecule has 178 valence electrons. The van der Waals surface area contributed by atoms with Gasteiger partial charge in [-0.25, -0.2) is 14.1 Å². The maximum atomic E-state index is 13.7. The van der Waals surface area contributed by atoms with Gasteiger partial charge in [0.05, 0.1) is 12.3 Å². The summed E-state index contributed by atoms with van der Waals surface area (Å²) in [4.78, 5) is 39.2. The number of imide groups is 2. The van der Waals surface area contributed by atoms with Crippen LogP contribution in [0.2, 0.25) is 5.02 Å². The largest absolute Gasteiger partial charge is 0.494 e. The van der Waals surface area contributed by atoms with Crippen molar-refractivity contribution < 1.29 is 23.5 Å². The third-order valence-electron chi connectivity index (χ3n) is 5.52. The highest BCUT2D eigenvalue weighted by molar-refractivity contribution is 6.39. The molecule has 1 fully saturated rings. The average molecular weight is 493 g/mol. The molecule has 0 aromatic heterocycles. The predicted molar refractivity (Wildman–Crippen MR) is 132 cm³/mol. The molecule has 1 saturated heterocycles. The number of ether oxygens (including phenoxy) is 1. The normalized spacial score (nSPS) is 14.9. The first-order valence-electron chi connectivity index (χ1n) is 10.9. The summed E-state index contributed by atoms with van der Waals surface area (Å²) in [6, 6.07) is 15.5. The van der Waals surface area contributed by atoms with Crippen LogP contribution < -0.4 is 15.0 Å². The zero-order chi connectivity index (χ0) is 25.1. The van der Waals surface area contributed by atoms with Gasteiger partial charge in [0.1, 0.15) is 17.1 Å². The fraction of sp³-hybridized carbons (Fsp3) is 0.148. The second-order valence-electron chi connectivity index (χ2n) is 7.96. The van der Waals surface area contributed by atoms with Gasteiger partial charge in [-0.15, -0.1) is 0 Å². The van der Waals surface area contributed by atoms with E-state index in [9.17, 15) is 18.8 Å². The molecule has 4 rings (SSSR count). The van der Waals surface area contributed by atoms with E-state index in [0.717, 1.165) is 4.90 Å². The summed E-state index contributed by atoms with van der Waals surface area (Å²) in [7, 11) is 0. The molecule has 0 saturated carbocycles. The summed E-state index contributed by atoms with van der Waals surface area (Å²) in [6.45, 7) is 3.93. The van der Waals surface area contributed by atoms with Crippen molar-refractivity contribution in [3.05, 3.63) is 99.3 Å². The zero-order valence-corrected chi connectivity index (χ0v) is 19.9. The Morgan fingerprint density at radius 2 is 1.83 bits per heavy atom. The number of anilines is 1. The molecule has 1 N–H and O–H groups in total. The monoisotopic (exact) mass is 492 g/mol. The number of hydrogen-bond acceptors (Lipinski definition) is 4. The molecule has 6 nitrogen and oxygen atoms in total. The van der Waals surface area contributed by atoms with E-state index < -0.39 is 17.8 Å². The van der Waals surface area contributed by atoms with Gasteiger partial charge >= 0.3 is 6.03 Å². The quantitative estimate of drug-likeness (QED) is 0.367. The third-order valence-corrected chi connectivity index (χ3v) is 5.85. The number of urea groups is 1. The van der Waals surface area contributed by atoms with Crippen molar-refractivity contribution in [2.24, 2.45) is 0 Å². The standard InChI is InChI=1S/C27H22ClFN2O4/c1-3-35-24-15-18(14-22(28)20(24)12-17-8-6-9-19(29)11-17)13-21-25(32)30-27(34)31(26(21)33)23-10-5-4-7-16(23)2/h4-11,13-15H,3,12H2,1-2H3,(H,30,32,34)/b21-13+. The molecule has 1 heterocycles. The van der Waals surface area contributed by atoms with Crippen LogP contribution in [0.4, 0.5) is 14.9 Å². The Balaban J connectivity index is 1.73. The number of carbonyl (C=O) groups excluding carboxylic acids is 3. The van der Waals surface area contributed by atoms with Crippen molar-refractivity contribution >= 4 is 41.2 Å². The second kappa shape index (κ2) is 10.1. The van der Waals surface area contributed by atoms with Crippen molar-refractivity contribution in [3.8, 4) is 5.75 Å². The van der Waals surface area contributed by atoms with Crippen molar-refractivity contribution in [2.45, 2.75) is 20.3 Å². The van der Waals surface area contributed by atoms with Crippen LogP contribution in [0.25, 0.3) is 6.08 Å². The van der Waals surface area contributed by atoms with Gasteiger partial charge in [-0.1, -0.05) is 41.9 Å². The predicted octanol–water partition coefficient (Wildman–Crippen LogP) is 5.44. The molecule has 1 aliphatic heterocycles. The van der Waals surface area contributed by atoms with E-state index in [2.05, 4.69) is 5.32 Å². The minimum atomic E-state index is -0.815. The lowest BCUT2D eigenvalue weighted by atomic mass is 10.00. The van der Waals surface area contributed by atoms with Crippen LogP contribution in [0, 0.1) is 12.7 Å². The number of para-hydroxylation sites is 1. The number of carbonyl (C=O) groups is 3. The highest BCUT2D eigenvalue weighted by atomic mass is 35.5. The van der Waals surface area contributed by atoms with E-state index in [0.29, 0.717) is 51.7 Å². The maximum Gasteiger partial charge on any atom is 0.335 e. The number of halogens is 2. The highest BCUT2D eigenvalue weighted by Gasteiger charge is 2.37. The Hall–Kier alpha value is -3.97. The van der Waals surface area contributed by atoms with E-state index >= 15 is 0 Å². The molecule has 0 aliphatic carbocycles. The van der Waals surface area contributed by atoms with Crippen LogP contribution in [-0.4, -0.2) is 24.5 Å². The van der Waals surface area contributed by atoms with Crippen LogP contribution >= 0.6 is 11.6 Å².